The number of rotatable bonds is 7. The summed E-state index contributed by atoms with van der Waals surface area (Å²) >= 11 is 6.02. The second-order valence-electron chi connectivity index (χ2n) is 5.14. The number of carbonyl (C=O) groups excluding carboxylic acids is 2. The van der Waals surface area contributed by atoms with Crippen molar-refractivity contribution in [3.05, 3.63) is 34.9 Å². The molecule has 1 rings (SSSR count). The van der Waals surface area contributed by atoms with Crippen molar-refractivity contribution in [3.63, 3.8) is 0 Å². The highest BCUT2D eigenvalue weighted by atomic mass is 35.5. The van der Waals surface area contributed by atoms with E-state index in [1.165, 1.54) is 4.90 Å². The van der Waals surface area contributed by atoms with Gasteiger partial charge >= 0.3 is 0 Å². The maximum absolute atomic E-state index is 11.8. The maximum atomic E-state index is 11.8. The zero-order valence-electron chi connectivity index (χ0n) is 12.7. The van der Waals surface area contributed by atoms with Gasteiger partial charge in [-0.25, -0.2) is 0 Å². The van der Waals surface area contributed by atoms with Gasteiger partial charge < -0.3 is 10.2 Å². The highest BCUT2D eigenvalue weighted by Gasteiger charge is 2.10. The number of nitrogens with zero attached hydrogens (tertiary/aromatic N) is 2. The van der Waals surface area contributed by atoms with E-state index in [9.17, 15) is 9.59 Å². The molecule has 5 nitrogen and oxygen atoms in total. The van der Waals surface area contributed by atoms with Crippen LogP contribution in [0, 0.1) is 0 Å². The van der Waals surface area contributed by atoms with Gasteiger partial charge in [0, 0.05) is 38.6 Å². The molecule has 0 aliphatic carbocycles. The van der Waals surface area contributed by atoms with Crippen LogP contribution in [0.15, 0.2) is 24.3 Å². The van der Waals surface area contributed by atoms with Gasteiger partial charge in [-0.1, -0.05) is 29.8 Å². The Morgan fingerprint density at radius 3 is 2.48 bits per heavy atom. The molecule has 0 saturated carbocycles. The Morgan fingerprint density at radius 2 is 1.86 bits per heavy atom. The summed E-state index contributed by atoms with van der Waals surface area (Å²) in [6.45, 7) is 1.26. The molecule has 0 unspecified atom stereocenters. The third kappa shape index (κ3) is 6.60. The molecule has 21 heavy (non-hydrogen) atoms. The third-order valence-corrected chi connectivity index (χ3v) is 3.43. The summed E-state index contributed by atoms with van der Waals surface area (Å²) in [5.41, 5.74) is 0.892. The van der Waals surface area contributed by atoms with Crippen molar-refractivity contribution in [1.82, 2.24) is 15.1 Å². The Labute approximate surface area is 130 Å². The van der Waals surface area contributed by atoms with Crippen LogP contribution in [-0.4, -0.2) is 55.8 Å². The van der Waals surface area contributed by atoms with Gasteiger partial charge in [0.25, 0.3) is 0 Å². The third-order valence-electron chi connectivity index (χ3n) is 3.06. The van der Waals surface area contributed by atoms with Crippen molar-refractivity contribution < 1.29 is 9.59 Å². The number of halogens is 1. The molecule has 0 radical (unpaired) electrons. The Bertz CT molecular complexity index is 492. The van der Waals surface area contributed by atoms with E-state index in [-0.39, 0.29) is 11.8 Å². The second-order valence-corrected chi connectivity index (χ2v) is 5.55. The molecule has 116 valence electrons. The fraction of sp³-hybridized carbons (Fsp3) is 0.467. The molecule has 1 aromatic rings. The molecule has 0 spiro atoms. The number of hydrogen-bond acceptors (Lipinski definition) is 3. The minimum absolute atomic E-state index is 0.0222. The summed E-state index contributed by atoms with van der Waals surface area (Å²) in [7, 11) is 5.25. The Hall–Kier alpha value is -1.59. The second kappa shape index (κ2) is 8.64. The van der Waals surface area contributed by atoms with Gasteiger partial charge in [-0.3, -0.25) is 14.5 Å². The van der Waals surface area contributed by atoms with Crippen molar-refractivity contribution >= 4 is 23.4 Å². The lowest BCUT2D eigenvalue weighted by Crippen LogP contribution is -2.36. The molecule has 2 amide bonds. The van der Waals surface area contributed by atoms with E-state index in [1.807, 2.05) is 30.1 Å². The van der Waals surface area contributed by atoms with Crippen LogP contribution < -0.4 is 5.32 Å². The molecular formula is C15H22ClN3O2. The molecule has 0 bridgehead atoms. The summed E-state index contributed by atoms with van der Waals surface area (Å²) in [4.78, 5) is 26.7. The molecule has 0 atom stereocenters. The van der Waals surface area contributed by atoms with Crippen LogP contribution in [0.1, 0.15) is 12.0 Å². The van der Waals surface area contributed by atoms with Crippen molar-refractivity contribution in [2.45, 2.75) is 13.0 Å². The molecule has 1 aromatic carbocycles. The van der Waals surface area contributed by atoms with Crippen molar-refractivity contribution in [2.75, 3.05) is 34.2 Å². The molecule has 0 heterocycles. The van der Waals surface area contributed by atoms with Crippen LogP contribution in [0.2, 0.25) is 5.02 Å². The standard InChI is InChI=1S/C15H22ClN3O2/c1-18(2)15(21)11-19(3)9-8-14(20)17-10-12-6-4-5-7-13(12)16/h4-7H,8-11H2,1-3H3,(H,17,20). The molecular weight excluding hydrogens is 290 g/mol. The van der Waals surface area contributed by atoms with Crippen molar-refractivity contribution in [1.29, 1.82) is 0 Å². The lowest BCUT2D eigenvalue weighted by Gasteiger charge is -2.18. The van der Waals surface area contributed by atoms with Crippen LogP contribution in [0.4, 0.5) is 0 Å². The zero-order chi connectivity index (χ0) is 15.8. The predicted octanol–water partition coefficient (Wildman–Crippen LogP) is 1.37. The first kappa shape index (κ1) is 17.5. The maximum Gasteiger partial charge on any atom is 0.236 e. The zero-order valence-corrected chi connectivity index (χ0v) is 13.5. The lowest BCUT2D eigenvalue weighted by molar-refractivity contribution is -0.130. The molecule has 0 aliphatic rings. The minimum atomic E-state index is -0.0564. The highest BCUT2D eigenvalue weighted by molar-refractivity contribution is 6.31. The number of benzene rings is 1. The first-order chi connectivity index (χ1) is 9.90. The lowest BCUT2D eigenvalue weighted by atomic mass is 10.2. The van der Waals surface area contributed by atoms with Crippen LogP contribution in [-0.2, 0) is 16.1 Å². The number of nitrogens with one attached hydrogen (secondary N) is 1. The minimum Gasteiger partial charge on any atom is -0.352 e. The first-order valence-corrected chi connectivity index (χ1v) is 7.16. The van der Waals surface area contributed by atoms with E-state index in [4.69, 9.17) is 11.6 Å². The summed E-state index contributed by atoms with van der Waals surface area (Å²) in [6.07, 6.45) is 0.349. The highest BCUT2D eigenvalue weighted by Crippen LogP contribution is 2.14. The van der Waals surface area contributed by atoms with E-state index < -0.39 is 0 Å². The van der Waals surface area contributed by atoms with E-state index in [0.717, 1.165) is 5.56 Å². The molecule has 0 fully saturated rings. The predicted molar refractivity (Wildman–Crippen MR) is 84.1 cm³/mol. The number of hydrogen-bond donors (Lipinski definition) is 1. The van der Waals surface area contributed by atoms with Crippen LogP contribution in [0.25, 0.3) is 0 Å². The van der Waals surface area contributed by atoms with E-state index in [0.29, 0.717) is 31.1 Å². The SMILES string of the molecule is CN(CCC(=O)NCc1ccccc1Cl)CC(=O)N(C)C. The largest absolute Gasteiger partial charge is 0.352 e. The number of carbonyl (C=O) groups is 2. The molecule has 6 heteroatoms. The summed E-state index contributed by atoms with van der Waals surface area (Å²) < 4.78 is 0. The van der Waals surface area contributed by atoms with Gasteiger partial charge in [0.2, 0.25) is 11.8 Å². The van der Waals surface area contributed by atoms with Crippen LogP contribution >= 0.6 is 11.6 Å². The average molecular weight is 312 g/mol. The topological polar surface area (TPSA) is 52.7 Å². The van der Waals surface area contributed by atoms with E-state index >= 15 is 0 Å². The smallest absolute Gasteiger partial charge is 0.236 e. The van der Waals surface area contributed by atoms with Crippen LogP contribution in [0.5, 0.6) is 0 Å². The molecule has 0 aliphatic heterocycles. The normalized spacial score (nSPS) is 10.5. The quantitative estimate of drug-likeness (QED) is 0.827. The van der Waals surface area contributed by atoms with E-state index in [1.54, 1.807) is 20.2 Å². The summed E-state index contributed by atoms with van der Waals surface area (Å²) in [5, 5.41) is 3.47. The summed E-state index contributed by atoms with van der Waals surface area (Å²) in [5.74, 6) is -0.0342. The molecule has 1 N–H and O–H groups in total. The molecule has 0 aromatic heterocycles. The van der Waals surface area contributed by atoms with Gasteiger partial charge in [0.15, 0.2) is 0 Å². The first-order valence-electron chi connectivity index (χ1n) is 6.79. The van der Waals surface area contributed by atoms with Gasteiger partial charge in [-0.15, -0.1) is 0 Å². The Kier molecular flexibility index (Phi) is 7.19. The fourth-order valence-corrected chi connectivity index (χ4v) is 1.87. The monoisotopic (exact) mass is 311 g/mol. The average Bonchev–Trinajstić information content (AvgIpc) is 2.44. The number of amides is 2. The van der Waals surface area contributed by atoms with Gasteiger partial charge in [-0.05, 0) is 18.7 Å². The van der Waals surface area contributed by atoms with Crippen molar-refractivity contribution in [2.24, 2.45) is 0 Å². The van der Waals surface area contributed by atoms with Gasteiger partial charge in [0.1, 0.15) is 0 Å². The summed E-state index contributed by atoms with van der Waals surface area (Å²) in [6, 6.07) is 7.41. The van der Waals surface area contributed by atoms with Gasteiger partial charge in [0.05, 0.1) is 6.54 Å². The fourth-order valence-electron chi connectivity index (χ4n) is 1.67. The number of likely N-dealkylation sites (N-methyl/N-ethyl adjacent to an activating group) is 2. The Balaban J connectivity index is 2.28. The van der Waals surface area contributed by atoms with Crippen LogP contribution in [0.3, 0.4) is 0 Å². The van der Waals surface area contributed by atoms with Gasteiger partial charge in [-0.2, -0.15) is 0 Å². The molecule has 0 saturated heterocycles. The van der Waals surface area contributed by atoms with E-state index in [2.05, 4.69) is 5.32 Å². The van der Waals surface area contributed by atoms with Crippen molar-refractivity contribution in [3.8, 4) is 0 Å². The Morgan fingerprint density at radius 1 is 1.19 bits per heavy atom.